The Morgan fingerprint density at radius 2 is 1.96 bits per heavy atom. The van der Waals surface area contributed by atoms with Crippen LogP contribution in [0.5, 0.6) is 0 Å². The Morgan fingerprint density at radius 3 is 2.56 bits per heavy atom. The number of rotatable bonds is 5. The van der Waals surface area contributed by atoms with Gasteiger partial charge in [0.25, 0.3) is 5.91 Å². The first kappa shape index (κ1) is 19.2. The average Bonchev–Trinajstić information content (AvgIpc) is 2.54. The van der Waals surface area contributed by atoms with Crippen LogP contribution in [-0.2, 0) is 9.47 Å². The number of hydrogen-bond donors (Lipinski definition) is 2. The van der Waals surface area contributed by atoms with Gasteiger partial charge in [-0.1, -0.05) is 0 Å². The van der Waals surface area contributed by atoms with Gasteiger partial charge in [0.2, 0.25) is 0 Å². The molecule has 1 aliphatic heterocycles. The van der Waals surface area contributed by atoms with Crippen molar-refractivity contribution in [3.63, 3.8) is 0 Å². The van der Waals surface area contributed by atoms with E-state index < -0.39 is 0 Å². The van der Waals surface area contributed by atoms with E-state index in [1.54, 1.807) is 36.3 Å². The number of nitrogens with zero attached hydrogens (tertiary/aromatic N) is 1. The Bertz CT molecular complexity index is 588. The van der Waals surface area contributed by atoms with Crippen LogP contribution in [0.25, 0.3) is 0 Å². The molecule has 1 saturated heterocycles. The molecule has 1 aromatic rings. The van der Waals surface area contributed by atoms with E-state index in [2.05, 4.69) is 10.6 Å². The summed E-state index contributed by atoms with van der Waals surface area (Å²) in [5.41, 5.74) is 1.22. The number of morpholine rings is 1. The lowest BCUT2D eigenvalue weighted by atomic mass is 10.1. The Morgan fingerprint density at radius 1 is 1.28 bits per heavy atom. The summed E-state index contributed by atoms with van der Waals surface area (Å²) in [4.78, 5) is 26.2. The quantitative estimate of drug-likeness (QED) is 0.853. The molecule has 25 heavy (non-hydrogen) atoms. The van der Waals surface area contributed by atoms with Crippen LogP contribution >= 0.6 is 0 Å². The summed E-state index contributed by atoms with van der Waals surface area (Å²) >= 11 is 0. The summed E-state index contributed by atoms with van der Waals surface area (Å²) in [7, 11) is 1.62. The molecule has 0 spiro atoms. The SMILES string of the molecule is COC[C@@H]1CN(C(=O)c2ccc(NC(=O)NC(C)C)cc2)C[C@H](C)O1. The van der Waals surface area contributed by atoms with Crippen LogP contribution in [-0.4, -0.2) is 61.9 Å². The van der Waals surface area contributed by atoms with Gasteiger partial charge in [-0.05, 0) is 45.0 Å². The van der Waals surface area contributed by atoms with Crippen LogP contribution in [0.3, 0.4) is 0 Å². The van der Waals surface area contributed by atoms with Gasteiger partial charge in [0.1, 0.15) is 0 Å². The maximum atomic E-state index is 12.7. The fraction of sp³-hybridized carbons (Fsp3) is 0.556. The minimum atomic E-state index is -0.265. The van der Waals surface area contributed by atoms with Crippen molar-refractivity contribution < 1.29 is 19.1 Å². The summed E-state index contributed by atoms with van der Waals surface area (Å²) in [6.45, 7) is 7.25. The molecule has 7 nitrogen and oxygen atoms in total. The summed E-state index contributed by atoms with van der Waals surface area (Å²) in [6.07, 6.45) is -0.142. The van der Waals surface area contributed by atoms with E-state index in [-0.39, 0.29) is 30.2 Å². The maximum Gasteiger partial charge on any atom is 0.319 e. The molecule has 138 valence electrons. The van der Waals surface area contributed by atoms with Crippen molar-refractivity contribution in [2.24, 2.45) is 0 Å². The van der Waals surface area contributed by atoms with Crippen molar-refractivity contribution in [2.45, 2.75) is 39.0 Å². The first-order chi connectivity index (χ1) is 11.9. The fourth-order valence-corrected chi connectivity index (χ4v) is 2.80. The molecule has 0 saturated carbocycles. The zero-order valence-corrected chi connectivity index (χ0v) is 15.2. The average molecular weight is 349 g/mol. The number of carbonyl (C=O) groups is 2. The highest BCUT2D eigenvalue weighted by Gasteiger charge is 2.28. The van der Waals surface area contributed by atoms with E-state index in [4.69, 9.17) is 9.47 Å². The summed E-state index contributed by atoms with van der Waals surface area (Å²) < 4.78 is 10.9. The van der Waals surface area contributed by atoms with Crippen molar-refractivity contribution in [3.05, 3.63) is 29.8 Å². The molecule has 2 N–H and O–H groups in total. The maximum absolute atomic E-state index is 12.7. The number of ether oxygens (including phenoxy) is 2. The molecule has 7 heteroatoms. The smallest absolute Gasteiger partial charge is 0.319 e. The van der Waals surface area contributed by atoms with Gasteiger partial charge in [-0.15, -0.1) is 0 Å². The highest BCUT2D eigenvalue weighted by Crippen LogP contribution is 2.16. The van der Waals surface area contributed by atoms with E-state index in [0.717, 1.165) is 0 Å². The van der Waals surface area contributed by atoms with Gasteiger partial charge >= 0.3 is 6.03 Å². The Labute approximate surface area is 148 Å². The van der Waals surface area contributed by atoms with Crippen molar-refractivity contribution >= 4 is 17.6 Å². The largest absolute Gasteiger partial charge is 0.382 e. The third-order valence-corrected chi connectivity index (χ3v) is 3.78. The van der Waals surface area contributed by atoms with Crippen molar-refractivity contribution in [1.82, 2.24) is 10.2 Å². The van der Waals surface area contributed by atoms with E-state index >= 15 is 0 Å². The van der Waals surface area contributed by atoms with Crippen LogP contribution in [0, 0.1) is 0 Å². The molecule has 1 heterocycles. The topological polar surface area (TPSA) is 79.9 Å². The molecule has 0 bridgehead atoms. The first-order valence-electron chi connectivity index (χ1n) is 8.50. The van der Waals surface area contributed by atoms with Crippen molar-refractivity contribution in [2.75, 3.05) is 32.1 Å². The molecule has 2 rings (SSSR count). The van der Waals surface area contributed by atoms with Crippen LogP contribution in [0.4, 0.5) is 10.5 Å². The Balaban J connectivity index is 1.98. The van der Waals surface area contributed by atoms with Gasteiger partial charge < -0.3 is 25.0 Å². The summed E-state index contributed by atoms with van der Waals surface area (Å²) in [5, 5.41) is 5.49. The van der Waals surface area contributed by atoms with Gasteiger partial charge in [-0.3, -0.25) is 4.79 Å². The standard InChI is InChI=1S/C18H27N3O4/c1-12(2)19-18(23)20-15-7-5-14(6-8-15)17(22)21-9-13(3)25-16(10-21)11-24-4/h5-8,12-13,16H,9-11H2,1-4H3,(H2,19,20,23)/t13-,16-/m0/s1. The molecule has 0 aromatic heterocycles. The predicted octanol–water partition coefficient (Wildman–Crippen LogP) is 2.09. The van der Waals surface area contributed by atoms with Gasteiger partial charge in [0.15, 0.2) is 0 Å². The Hall–Kier alpha value is -2.12. The minimum Gasteiger partial charge on any atom is -0.382 e. The number of carbonyl (C=O) groups excluding carboxylic acids is 2. The van der Waals surface area contributed by atoms with E-state index in [9.17, 15) is 9.59 Å². The molecular formula is C18H27N3O4. The number of urea groups is 1. The van der Waals surface area contributed by atoms with Crippen molar-refractivity contribution in [3.8, 4) is 0 Å². The molecule has 1 fully saturated rings. The Kier molecular flexibility index (Phi) is 6.78. The molecule has 1 aliphatic rings. The second-order valence-electron chi connectivity index (χ2n) is 6.56. The number of anilines is 1. The second kappa shape index (κ2) is 8.82. The fourth-order valence-electron chi connectivity index (χ4n) is 2.80. The van der Waals surface area contributed by atoms with Crippen LogP contribution in [0.15, 0.2) is 24.3 Å². The lowest BCUT2D eigenvalue weighted by Crippen LogP contribution is -2.50. The number of hydrogen-bond acceptors (Lipinski definition) is 4. The lowest BCUT2D eigenvalue weighted by Gasteiger charge is -2.36. The summed E-state index contributed by atoms with van der Waals surface area (Å²) in [6, 6.07) is 6.69. The number of nitrogens with one attached hydrogen (secondary N) is 2. The van der Waals surface area contributed by atoms with Gasteiger partial charge in [-0.25, -0.2) is 4.79 Å². The molecule has 2 atom stereocenters. The first-order valence-corrected chi connectivity index (χ1v) is 8.50. The predicted molar refractivity (Wildman–Crippen MR) is 95.8 cm³/mol. The molecule has 0 unspecified atom stereocenters. The van der Waals surface area contributed by atoms with E-state index in [1.165, 1.54) is 0 Å². The van der Waals surface area contributed by atoms with Crippen LogP contribution < -0.4 is 10.6 Å². The molecule has 3 amide bonds. The number of benzene rings is 1. The van der Waals surface area contributed by atoms with Gasteiger partial charge in [0.05, 0.1) is 18.8 Å². The molecular weight excluding hydrogens is 322 g/mol. The third-order valence-electron chi connectivity index (χ3n) is 3.78. The zero-order valence-electron chi connectivity index (χ0n) is 15.2. The monoisotopic (exact) mass is 349 g/mol. The van der Waals surface area contributed by atoms with E-state index in [1.807, 2.05) is 20.8 Å². The molecule has 0 aliphatic carbocycles. The normalized spacial score (nSPS) is 20.4. The van der Waals surface area contributed by atoms with Crippen LogP contribution in [0.2, 0.25) is 0 Å². The lowest BCUT2D eigenvalue weighted by molar-refractivity contribution is -0.0918. The van der Waals surface area contributed by atoms with Gasteiger partial charge in [-0.2, -0.15) is 0 Å². The van der Waals surface area contributed by atoms with Crippen molar-refractivity contribution in [1.29, 1.82) is 0 Å². The molecule has 1 aromatic carbocycles. The van der Waals surface area contributed by atoms with Crippen LogP contribution in [0.1, 0.15) is 31.1 Å². The van der Waals surface area contributed by atoms with E-state index in [0.29, 0.717) is 30.9 Å². The number of methoxy groups -OCH3 is 1. The minimum absolute atomic E-state index is 0.0291. The second-order valence-corrected chi connectivity index (χ2v) is 6.56. The third kappa shape index (κ3) is 5.72. The van der Waals surface area contributed by atoms with Gasteiger partial charge in [0, 0.05) is 37.5 Å². The highest BCUT2D eigenvalue weighted by atomic mass is 16.5. The zero-order chi connectivity index (χ0) is 18.4. The summed E-state index contributed by atoms with van der Waals surface area (Å²) in [5.74, 6) is -0.0468. The number of amides is 3. The highest BCUT2D eigenvalue weighted by molar-refractivity contribution is 5.95. The molecule has 0 radical (unpaired) electrons.